The molecule has 0 aliphatic carbocycles. The van der Waals surface area contributed by atoms with Gasteiger partial charge in [0.1, 0.15) is 5.82 Å². The van der Waals surface area contributed by atoms with Gasteiger partial charge in [-0.2, -0.15) is 0 Å². The number of hydrogen-bond acceptors (Lipinski definition) is 3. The van der Waals surface area contributed by atoms with E-state index in [2.05, 4.69) is 5.32 Å². The number of nitrogens with zero attached hydrogens (tertiary/aromatic N) is 1. The predicted octanol–water partition coefficient (Wildman–Crippen LogP) is 3.86. The molecule has 0 spiro atoms. The second kappa shape index (κ2) is 9.46. The Morgan fingerprint density at radius 2 is 1.73 bits per heavy atom. The molecule has 26 heavy (non-hydrogen) atoms. The lowest BCUT2D eigenvalue weighted by molar-refractivity contribution is -0.121. The largest absolute Gasteiger partial charge is 0.354 e. The molecular weight excluding hydrogens is 355 g/mol. The molecule has 1 atom stereocenters. The van der Waals surface area contributed by atoms with Crippen LogP contribution >= 0.6 is 11.6 Å². The summed E-state index contributed by atoms with van der Waals surface area (Å²) in [4.78, 5) is 26.1. The highest BCUT2D eigenvalue weighted by molar-refractivity contribution is 6.31. The van der Waals surface area contributed by atoms with Gasteiger partial charge in [0.05, 0.1) is 11.6 Å². The minimum absolute atomic E-state index is 0.00976. The van der Waals surface area contributed by atoms with Gasteiger partial charge in [0.2, 0.25) is 5.91 Å². The van der Waals surface area contributed by atoms with Crippen molar-refractivity contribution in [3.63, 3.8) is 0 Å². The molecular formula is C20H22ClFN2O2. The molecule has 0 radical (unpaired) electrons. The standard InChI is InChI=1S/C20H22ClFN2O2/c1-24(2)18(14-7-3-5-9-16(14)21)13-23-20(26)12-11-19(25)15-8-4-6-10-17(15)22/h3-10,18H,11-13H2,1-2H3,(H,23,26). The number of ketones is 1. The molecule has 1 N–H and O–H groups in total. The first-order valence-corrected chi connectivity index (χ1v) is 8.73. The van der Waals surface area contributed by atoms with Gasteiger partial charge in [0.25, 0.3) is 0 Å². The van der Waals surface area contributed by atoms with Gasteiger partial charge in [-0.25, -0.2) is 4.39 Å². The van der Waals surface area contributed by atoms with E-state index >= 15 is 0 Å². The molecule has 0 aliphatic rings. The van der Waals surface area contributed by atoms with Crippen LogP contribution in [0.25, 0.3) is 0 Å². The van der Waals surface area contributed by atoms with Crippen LogP contribution in [0.2, 0.25) is 5.02 Å². The third kappa shape index (κ3) is 5.38. The van der Waals surface area contributed by atoms with Gasteiger partial charge < -0.3 is 10.2 Å². The lowest BCUT2D eigenvalue weighted by Gasteiger charge is -2.26. The highest BCUT2D eigenvalue weighted by Crippen LogP contribution is 2.25. The second-order valence-electron chi connectivity index (χ2n) is 6.21. The van der Waals surface area contributed by atoms with Crippen LogP contribution in [0.1, 0.15) is 34.8 Å². The van der Waals surface area contributed by atoms with Gasteiger partial charge in [-0.05, 0) is 37.9 Å². The van der Waals surface area contributed by atoms with Gasteiger partial charge in [0, 0.05) is 24.4 Å². The van der Waals surface area contributed by atoms with Crippen LogP contribution in [0, 0.1) is 5.82 Å². The van der Waals surface area contributed by atoms with Crippen molar-refractivity contribution in [1.29, 1.82) is 0 Å². The highest BCUT2D eigenvalue weighted by Gasteiger charge is 2.18. The topological polar surface area (TPSA) is 49.4 Å². The van der Waals surface area contributed by atoms with Crippen molar-refractivity contribution in [1.82, 2.24) is 10.2 Å². The highest BCUT2D eigenvalue weighted by atomic mass is 35.5. The van der Waals surface area contributed by atoms with Gasteiger partial charge in [0.15, 0.2) is 5.78 Å². The van der Waals surface area contributed by atoms with Gasteiger partial charge in [-0.3, -0.25) is 9.59 Å². The number of amides is 1. The molecule has 2 aromatic carbocycles. The van der Waals surface area contributed by atoms with Crippen LogP contribution in [0.4, 0.5) is 4.39 Å². The van der Waals surface area contributed by atoms with Gasteiger partial charge >= 0.3 is 0 Å². The lowest BCUT2D eigenvalue weighted by atomic mass is 10.0. The van der Waals surface area contributed by atoms with Crippen molar-refractivity contribution >= 4 is 23.3 Å². The zero-order chi connectivity index (χ0) is 19.1. The van der Waals surface area contributed by atoms with Crippen molar-refractivity contribution in [3.8, 4) is 0 Å². The minimum Gasteiger partial charge on any atom is -0.354 e. The van der Waals surface area contributed by atoms with E-state index in [4.69, 9.17) is 11.6 Å². The Balaban J connectivity index is 1.90. The van der Waals surface area contributed by atoms with E-state index in [0.29, 0.717) is 11.6 Å². The van der Waals surface area contributed by atoms with Crippen molar-refractivity contribution < 1.29 is 14.0 Å². The van der Waals surface area contributed by atoms with E-state index in [1.807, 2.05) is 43.3 Å². The molecule has 1 amide bonds. The van der Waals surface area contributed by atoms with Crippen LogP contribution in [0.3, 0.4) is 0 Å². The fourth-order valence-corrected chi connectivity index (χ4v) is 2.93. The SMILES string of the molecule is CN(C)C(CNC(=O)CCC(=O)c1ccccc1F)c1ccccc1Cl. The van der Waals surface area contributed by atoms with Crippen molar-refractivity contribution in [2.24, 2.45) is 0 Å². The van der Waals surface area contributed by atoms with Crippen molar-refractivity contribution in [3.05, 3.63) is 70.5 Å². The number of nitrogens with one attached hydrogen (secondary N) is 1. The second-order valence-corrected chi connectivity index (χ2v) is 6.62. The number of likely N-dealkylation sites (N-methyl/N-ethyl adjacent to an activating group) is 1. The molecule has 1 unspecified atom stereocenters. The molecule has 0 fully saturated rings. The van der Waals surface area contributed by atoms with E-state index in [0.717, 1.165) is 5.56 Å². The van der Waals surface area contributed by atoms with E-state index < -0.39 is 5.82 Å². The Kier molecular flexibility index (Phi) is 7.30. The smallest absolute Gasteiger partial charge is 0.220 e. The fraction of sp³-hybridized carbons (Fsp3) is 0.300. The summed E-state index contributed by atoms with van der Waals surface area (Å²) in [6.07, 6.45) is -0.0265. The molecule has 0 aliphatic heterocycles. The van der Waals surface area contributed by atoms with Crippen LogP contribution < -0.4 is 5.32 Å². The van der Waals surface area contributed by atoms with Crippen molar-refractivity contribution in [2.45, 2.75) is 18.9 Å². The number of carbonyl (C=O) groups excluding carboxylic acids is 2. The van der Waals surface area contributed by atoms with Crippen LogP contribution in [0.15, 0.2) is 48.5 Å². The molecule has 0 heterocycles. The van der Waals surface area contributed by atoms with E-state index in [1.165, 1.54) is 18.2 Å². The molecule has 0 bridgehead atoms. The minimum atomic E-state index is -0.565. The maximum absolute atomic E-state index is 13.6. The molecule has 0 saturated heterocycles. The summed E-state index contributed by atoms with van der Waals surface area (Å²) < 4.78 is 13.6. The van der Waals surface area contributed by atoms with Gasteiger partial charge in [-0.1, -0.05) is 41.9 Å². The van der Waals surface area contributed by atoms with Crippen LogP contribution in [-0.2, 0) is 4.79 Å². The molecule has 2 rings (SSSR count). The monoisotopic (exact) mass is 376 g/mol. The number of hydrogen-bond donors (Lipinski definition) is 1. The first-order chi connectivity index (χ1) is 12.4. The summed E-state index contributed by atoms with van der Waals surface area (Å²) in [5, 5.41) is 3.46. The summed E-state index contributed by atoms with van der Waals surface area (Å²) in [6.45, 7) is 0.365. The Hall–Kier alpha value is -2.24. The van der Waals surface area contributed by atoms with E-state index in [-0.39, 0.29) is 36.1 Å². The molecule has 6 heteroatoms. The Morgan fingerprint density at radius 1 is 1.08 bits per heavy atom. The van der Waals surface area contributed by atoms with E-state index in [1.54, 1.807) is 6.07 Å². The average molecular weight is 377 g/mol. The van der Waals surface area contributed by atoms with E-state index in [9.17, 15) is 14.0 Å². The Morgan fingerprint density at radius 3 is 2.38 bits per heavy atom. The number of halogens is 2. The molecule has 138 valence electrons. The number of carbonyl (C=O) groups is 2. The molecule has 2 aromatic rings. The molecule has 0 saturated carbocycles. The fourth-order valence-electron chi connectivity index (χ4n) is 2.66. The number of benzene rings is 2. The lowest BCUT2D eigenvalue weighted by Crippen LogP contribution is -2.34. The first kappa shape index (κ1) is 20.1. The van der Waals surface area contributed by atoms with Crippen molar-refractivity contribution in [2.75, 3.05) is 20.6 Å². The third-order valence-corrected chi connectivity index (χ3v) is 4.48. The predicted molar refractivity (Wildman–Crippen MR) is 101 cm³/mol. The normalized spacial score (nSPS) is 12.0. The molecule has 4 nitrogen and oxygen atoms in total. The summed E-state index contributed by atoms with van der Waals surface area (Å²) >= 11 is 6.24. The number of rotatable bonds is 8. The summed E-state index contributed by atoms with van der Waals surface area (Å²) in [5.41, 5.74) is 0.935. The zero-order valence-electron chi connectivity index (χ0n) is 14.8. The quantitative estimate of drug-likeness (QED) is 0.712. The maximum atomic E-state index is 13.6. The third-order valence-electron chi connectivity index (χ3n) is 4.13. The van der Waals surface area contributed by atoms with Crippen LogP contribution in [-0.4, -0.2) is 37.2 Å². The zero-order valence-corrected chi connectivity index (χ0v) is 15.6. The average Bonchev–Trinajstić information content (AvgIpc) is 2.61. The van der Waals surface area contributed by atoms with Crippen LogP contribution in [0.5, 0.6) is 0 Å². The molecule has 0 aromatic heterocycles. The summed E-state index contributed by atoms with van der Waals surface area (Å²) in [6, 6.07) is 13.2. The maximum Gasteiger partial charge on any atom is 0.220 e. The number of Topliss-reactive ketones (excluding diaryl/α,β-unsaturated/α-hetero) is 1. The Bertz CT molecular complexity index is 780. The Labute approximate surface area is 158 Å². The van der Waals surface area contributed by atoms with Gasteiger partial charge in [-0.15, -0.1) is 0 Å². The first-order valence-electron chi connectivity index (χ1n) is 8.35. The summed E-state index contributed by atoms with van der Waals surface area (Å²) in [5.74, 6) is -1.20. The summed E-state index contributed by atoms with van der Waals surface area (Å²) in [7, 11) is 3.81.